The van der Waals surface area contributed by atoms with Gasteiger partial charge in [0, 0.05) is 0 Å². The second-order valence-corrected chi connectivity index (χ2v) is 3.31. The highest BCUT2D eigenvalue weighted by molar-refractivity contribution is 5.89. The lowest BCUT2D eigenvalue weighted by atomic mass is 10.1. The van der Waals surface area contributed by atoms with Crippen LogP contribution in [0, 0.1) is 11.3 Å². The van der Waals surface area contributed by atoms with Gasteiger partial charge in [-0.25, -0.2) is 4.79 Å². The topological polar surface area (TPSA) is 50.1 Å². The largest absolute Gasteiger partial charge is 0.459 e. The lowest BCUT2D eigenvalue weighted by molar-refractivity contribution is 0.0334. The molecule has 0 heterocycles. The van der Waals surface area contributed by atoms with E-state index in [1.807, 2.05) is 19.9 Å². The molecule has 1 aromatic carbocycles. The summed E-state index contributed by atoms with van der Waals surface area (Å²) in [7, 11) is 0. The van der Waals surface area contributed by atoms with Crippen LogP contribution in [0.3, 0.4) is 0 Å². The molecule has 0 bridgehead atoms. The van der Waals surface area contributed by atoms with E-state index in [9.17, 15) is 4.79 Å². The number of benzene rings is 1. The highest BCUT2D eigenvalue weighted by Crippen LogP contribution is 2.07. The minimum absolute atomic E-state index is 0.0758. The molecule has 3 heteroatoms. The first-order valence-corrected chi connectivity index (χ1v) is 4.88. The lowest BCUT2D eigenvalue weighted by Gasteiger charge is -2.10. The highest BCUT2D eigenvalue weighted by atomic mass is 16.5. The molecule has 0 N–H and O–H groups in total. The zero-order valence-electron chi connectivity index (χ0n) is 8.86. The fourth-order valence-electron chi connectivity index (χ4n) is 1.01. The van der Waals surface area contributed by atoms with Crippen molar-refractivity contribution in [2.75, 3.05) is 0 Å². The molecule has 15 heavy (non-hydrogen) atoms. The molecule has 0 aliphatic carbocycles. The van der Waals surface area contributed by atoms with Crippen LogP contribution in [0.25, 0.3) is 0 Å². The molecule has 0 saturated heterocycles. The van der Waals surface area contributed by atoms with Crippen molar-refractivity contribution in [3.8, 4) is 6.07 Å². The number of rotatable bonds is 3. The van der Waals surface area contributed by atoms with Gasteiger partial charge in [-0.3, -0.25) is 0 Å². The summed E-state index contributed by atoms with van der Waals surface area (Å²) in [4.78, 5) is 11.5. The van der Waals surface area contributed by atoms with Crippen LogP contribution >= 0.6 is 0 Å². The van der Waals surface area contributed by atoms with Crippen LogP contribution in [0.5, 0.6) is 0 Å². The Hall–Kier alpha value is -1.82. The summed E-state index contributed by atoms with van der Waals surface area (Å²) < 4.78 is 5.14. The third kappa shape index (κ3) is 3.10. The van der Waals surface area contributed by atoms with Gasteiger partial charge in [-0.2, -0.15) is 5.26 Å². The van der Waals surface area contributed by atoms with Crippen molar-refractivity contribution >= 4 is 5.97 Å². The maximum absolute atomic E-state index is 11.5. The molecule has 1 rings (SSSR count). The van der Waals surface area contributed by atoms with Crippen molar-refractivity contribution in [3.05, 3.63) is 35.4 Å². The van der Waals surface area contributed by atoms with Gasteiger partial charge in [0.2, 0.25) is 0 Å². The Morgan fingerprint density at radius 2 is 2.07 bits per heavy atom. The molecule has 0 fully saturated rings. The first-order chi connectivity index (χ1) is 7.17. The predicted octanol–water partition coefficient (Wildman–Crippen LogP) is 2.51. The molecule has 0 radical (unpaired) electrons. The van der Waals surface area contributed by atoms with E-state index < -0.39 is 0 Å². The Kier molecular flexibility index (Phi) is 3.87. The zero-order chi connectivity index (χ0) is 11.3. The van der Waals surface area contributed by atoms with Gasteiger partial charge in [0.1, 0.15) is 0 Å². The molecule has 78 valence electrons. The monoisotopic (exact) mass is 203 g/mol. The van der Waals surface area contributed by atoms with Crippen LogP contribution in [0.4, 0.5) is 0 Å². The zero-order valence-corrected chi connectivity index (χ0v) is 8.86. The highest BCUT2D eigenvalue weighted by Gasteiger charge is 2.09. The number of ether oxygens (including phenoxy) is 1. The van der Waals surface area contributed by atoms with Gasteiger partial charge in [0.05, 0.1) is 23.3 Å². The van der Waals surface area contributed by atoms with E-state index in [-0.39, 0.29) is 12.1 Å². The van der Waals surface area contributed by atoms with Crippen LogP contribution in [0.15, 0.2) is 24.3 Å². The number of esters is 1. The summed E-state index contributed by atoms with van der Waals surface area (Å²) in [5.74, 6) is -0.339. The Bertz CT molecular complexity index is 376. The van der Waals surface area contributed by atoms with E-state index >= 15 is 0 Å². The van der Waals surface area contributed by atoms with Gasteiger partial charge in [0.25, 0.3) is 0 Å². The Morgan fingerprint density at radius 3 is 2.53 bits per heavy atom. The first-order valence-electron chi connectivity index (χ1n) is 4.88. The van der Waals surface area contributed by atoms with E-state index in [4.69, 9.17) is 10.00 Å². The number of hydrogen-bond donors (Lipinski definition) is 0. The Balaban J connectivity index is 2.71. The molecule has 0 saturated carbocycles. The van der Waals surface area contributed by atoms with Gasteiger partial charge in [-0.1, -0.05) is 6.92 Å². The average molecular weight is 203 g/mol. The van der Waals surface area contributed by atoms with Crippen molar-refractivity contribution < 1.29 is 9.53 Å². The second-order valence-electron chi connectivity index (χ2n) is 3.31. The molecule has 0 aliphatic heterocycles. The van der Waals surface area contributed by atoms with Crippen LogP contribution in [0.1, 0.15) is 36.2 Å². The fourth-order valence-corrected chi connectivity index (χ4v) is 1.01. The molecule has 3 nitrogen and oxygen atoms in total. The third-order valence-electron chi connectivity index (χ3n) is 2.13. The van der Waals surface area contributed by atoms with Crippen LogP contribution in [-0.4, -0.2) is 12.1 Å². The maximum atomic E-state index is 11.5. The van der Waals surface area contributed by atoms with Crippen molar-refractivity contribution in [1.82, 2.24) is 0 Å². The summed E-state index contributed by atoms with van der Waals surface area (Å²) in [5, 5.41) is 8.58. The quantitative estimate of drug-likeness (QED) is 0.709. The molecule has 0 spiro atoms. The SMILES string of the molecule is CC[C@@H](C)OC(=O)c1ccc(C#N)cc1. The minimum atomic E-state index is -0.339. The van der Waals surface area contributed by atoms with Crippen molar-refractivity contribution in [2.24, 2.45) is 0 Å². The summed E-state index contributed by atoms with van der Waals surface area (Å²) in [6.45, 7) is 3.80. The fraction of sp³-hybridized carbons (Fsp3) is 0.333. The normalized spacial score (nSPS) is 11.5. The molecule has 0 aromatic heterocycles. The molecule has 1 atom stereocenters. The summed E-state index contributed by atoms with van der Waals surface area (Å²) in [5.41, 5.74) is 1.02. The van der Waals surface area contributed by atoms with Crippen LogP contribution in [-0.2, 0) is 4.74 Å². The lowest BCUT2D eigenvalue weighted by Crippen LogP contribution is -2.13. The molecule has 0 unspecified atom stereocenters. The minimum Gasteiger partial charge on any atom is -0.459 e. The van der Waals surface area contributed by atoms with Crippen LogP contribution in [0.2, 0.25) is 0 Å². The number of carbonyl (C=O) groups excluding carboxylic acids is 1. The summed E-state index contributed by atoms with van der Waals surface area (Å²) in [6.07, 6.45) is 0.718. The molecule has 0 amide bonds. The van der Waals surface area contributed by atoms with Gasteiger partial charge < -0.3 is 4.74 Å². The summed E-state index contributed by atoms with van der Waals surface area (Å²) >= 11 is 0. The van der Waals surface area contributed by atoms with Crippen molar-refractivity contribution in [3.63, 3.8) is 0 Å². The second kappa shape index (κ2) is 5.16. The van der Waals surface area contributed by atoms with E-state index in [1.54, 1.807) is 24.3 Å². The standard InChI is InChI=1S/C12H13NO2/c1-3-9(2)15-12(14)11-6-4-10(8-13)5-7-11/h4-7,9H,3H2,1-2H3/t9-/m1/s1. The maximum Gasteiger partial charge on any atom is 0.338 e. The third-order valence-corrected chi connectivity index (χ3v) is 2.13. The van der Waals surface area contributed by atoms with Crippen molar-refractivity contribution in [1.29, 1.82) is 5.26 Å². The first kappa shape index (κ1) is 11.3. The van der Waals surface area contributed by atoms with E-state index in [0.717, 1.165) is 6.42 Å². The Labute approximate surface area is 89.3 Å². The van der Waals surface area contributed by atoms with Gasteiger partial charge >= 0.3 is 5.97 Å². The number of carbonyl (C=O) groups is 1. The number of nitriles is 1. The number of nitrogens with zero attached hydrogens (tertiary/aromatic N) is 1. The predicted molar refractivity (Wildman–Crippen MR) is 56.3 cm³/mol. The van der Waals surface area contributed by atoms with Crippen LogP contribution < -0.4 is 0 Å². The van der Waals surface area contributed by atoms with Gasteiger partial charge in [0.15, 0.2) is 0 Å². The molecular weight excluding hydrogens is 190 g/mol. The van der Waals surface area contributed by atoms with Gasteiger partial charge in [-0.05, 0) is 37.6 Å². The smallest absolute Gasteiger partial charge is 0.338 e. The molecule has 1 aromatic rings. The number of hydrogen-bond acceptors (Lipinski definition) is 3. The average Bonchev–Trinajstić information content (AvgIpc) is 2.29. The van der Waals surface area contributed by atoms with E-state index in [0.29, 0.717) is 11.1 Å². The summed E-state index contributed by atoms with van der Waals surface area (Å²) in [6, 6.07) is 8.40. The molecule has 0 aliphatic rings. The Morgan fingerprint density at radius 1 is 1.47 bits per heavy atom. The van der Waals surface area contributed by atoms with Gasteiger partial charge in [-0.15, -0.1) is 0 Å². The van der Waals surface area contributed by atoms with E-state index in [2.05, 4.69) is 0 Å². The molecular formula is C12H13NO2. The van der Waals surface area contributed by atoms with E-state index in [1.165, 1.54) is 0 Å². The van der Waals surface area contributed by atoms with Crippen molar-refractivity contribution in [2.45, 2.75) is 26.4 Å².